The van der Waals surface area contributed by atoms with Gasteiger partial charge in [-0.3, -0.25) is 0 Å². The quantitative estimate of drug-likeness (QED) is 0.332. The number of rotatable bonds is 8. The Morgan fingerprint density at radius 3 is 2.94 bits per heavy atom. The standard InChI is InChI=1S/C10H16ClN3OS2/c1-16-10-13-8(11)7-9(14-10)12-3-6-17-5-2-4-15/h7,15H,2-6H2,1H3,(H,12,13,14). The lowest BCUT2D eigenvalue weighted by Crippen LogP contribution is -2.07. The number of aromatic nitrogens is 2. The van der Waals surface area contributed by atoms with E-state index < -0.39 is 0 Å². The van der Waals surface area contributed by atoms with Crippen LogP contribution in [0.4, 0.5) is 5.82 Å². The van der Waals surface area contributed by atoms with Crippen molar-refractivity contribution in [2.75, 3.05) is 36.2 Å². The maximum absolute atomic E-state index is 8.63. The Kier molecular flexibility index (Phi) is 7.75. The molecule has 0 saturated heterocycles. The van der Waals surface area contributed by atoms with Crippen LogP contribution in [0.2, 0.25) is 5.15 Å². The molecule has 7 heteroatoms. The number of nitrogens with zero attached hydrogens (tertiary/aromatic N) is 2. The van der Waals surface area contributed by atoms with Gasteiger partial charge in [0.05, 0.1) is 0 Å². The number of hydrogen-bond donors (Lipinski definition) is 2. The van der Waals surface area contributed by atoms with Crippen molar-refractivity contribution >= 4 is 40.9 Å². The van der Waals surface area contributed by atoms with Gasteiger partial charge < -0.3 is 10.4 Å². The zero-order chi connectivity index (χ0) is 12.5. The first kappa shape index (κ1) is 14.9. The highest BCUT2D eigenvalue weighted by Gasteiger charge is 2.01. The molecular weight excluding hydrogens is 278 g/mol. The average Bonchev–Trinajstić information content (AvgIpc) is 2.33. The number of aliphatic hydroxyl groups is 1. The van der Waals surface area contributed by atoms with E-state index in [-0.39, 0.29) is 6.61 Å². The fourth-order valence-electron chi connectivity index (χ4n) is 1.10. The SMILES string of the molecule is CSc1nc(Cl)cc(NCCSCCCO)n1. The second-order valence-electron chi connectivity index (χ2n) is 3.18. The van der Waals surface area contributed by atoms with Crippen LogP contribution >= 0.6 is 35.1 Å². The largest absolute Gasteiger partial charge is 0.396 e. The molecule has 0 atom stereocenters. The van der Waals surface area contributed by atoms with Crippen molar-refractivity contribution < 1.29 is 5.11 Å². The van der Waals surface area contributed by atoms with Gasteiger partial charge in [0.25, 0.3) is 0 Å². The van der Waals surface area contributed by atoms with Gasteiger partial charge in [-0.15, -0.1) is 0 Å². The molecule has 0 radical (unpaired) electrons. The maximum Gasteiger partial charge on any atom is 0.190 e. The van der Waals surface area contributed by atoms with Crippen molar-refractivity contribution in [1.82, 2.24) is 9.97 Å². The molecule has 0 bridgehead atoms. The number of anilines is 1. The maximum atomic E-state index is 8.63. The summed E-state index contributed by atoms with van der Waals surface area (Å²) in [7, 11) is 0. The normalized spacial score (nSPS) is 10.5. The fraction of sp³-hybridized carbons (Fsp3) is 0.600. The van der Waals surface area contributed by atoms with E-state index in [9.17, 15) is 0 Å². The lowest BCUT2D eigenvalue weighted by Gasteiger charge is -2.06. The van der Waals surface area contributed by atoms with Crippen LogP contribution in [0, 0.1) is 0 Å². The number of thioether (sulfide) groups is 2. The molecule has 17 heavy (non-hydrogen) atoms. The smallest absolute Gasteiger partial charge is 0.190 e. The molecule has 1 rings (SSSR count). The molecule has 0 aromatic carbocycles. The van der Waals surface area contributed by atoms with Crippen molar-refractivity contribution in [2.45, 2.75) is 11.6 Å². The first-order valence-electron chi connectivity index (χ1n) is 5.27. The minimum atomic E-state index is 0.263. The summed E-state index contributed by atoms with van der Waals surface area (Å²) in [5, 5.41) is 13.0. The van der Waals surface area contributed by atoms with Gasteiger partial charge in [-0.2, -0.15) is 11.8 Å². The molecule has 0 aliphatic heterocycles. The van der Waals surface area contributed by atoms with E-state index in [0.717, 1.165) is 30.3 Å². The second-order valence-corrected chi connectivity index (χ2v) is 5.56. The van der Waals surface area contributed by atoms with E-state index in [4.69, 9.17) is 16.7 Å². The molecule has 0 aliphatic carbocycles. The van der Waals surface area contributed by atoms with E-state index >= 15 is 0 Å². The zero-order valence-corrected chi connectivity index (χ0v) is 12.0. The van der Waals surface area contributed by atoms with Gasteiger partial charge in [0.2, 0.25) is 0 Å². The molecule has 0 aliphatic rings. The first-order chi connectivity index (χ1) is 8.26. The first-order valence-corrected chi connectivity index (χ1v) is 8.03. The van der Waals surface area contributed by atoms with Gasteiger partial charge in [-0.1, -0.05) is 23.4 Å². The topological polar surface area (TPSA) is 58.0 Å². The Labute approximate surface area is 115 Å². The van der Waals surface area contributed by atoms with E-state index in [1.54, 1.807) is 6.07 Å². The lowest BCUT2D eigenvalue weighted by molar-refractivity contribution is 0.296. The van der Waals surface area contributed by atoms with Gasteiger partial charge in [-0.25, -0.2) is 9.97 Å². The highest BCUT2D eigenvalue weighted by Crippen LogP contribution is 2.17. The van der Waals surface area contributed by atoms with Crippen LogP contribution in [-0.4, -0.2) is 46.0 Å². The van der Waals surface area contributed by atoms with Crippen molar-refractivity contribution in [1.29, 1.82) is 0 Å². The Morgan fingerprint density at radius 2 is 2.24 bits per heavy atom. The van der Waals surface area contributed by atoms with E-state index in [2.05, 4.69) is 15.3 Å². The van der Waals surface area contributed by atoms with Crippen LogP contribution in [-0.2, 0) is 0 Å². The Bertz CT molecular complexity index is 341. The third-order valence-corrected chi connectivity index (χ3v) is 3.67. The Balaban J connectivity index is 2.28. The van der Waals surface area contributed by atoms with E-state index in [0.29, 0.717) is 10.3 Å². The number of hydrogen-bond acceptors (Lipinski definition) is 6. The third kappa shape index (κ3) is 6.35. The molecule has 2 N–H and O–H groups in total. The average molecular weight is 294 g/mol. The Hall–Kier alpha value is -0.170. The number of halogens is 1. The molecule has 1 aromatic rings. The van der Waals surface area contributed by atoms with Gasteiger partial charge in [0, 0.05) is 25.0 Å². The molecular formula is C10H16ClN3OS2. The fourth-order valence-corrected chi connectivity index (χ4v) is 2.50. The zero-order valence-electron chi connectivity index (χ0n) is 9.65. The summed E-state index contributed by atoms with van der Waals surface area (Å²) in [6.45, 7) is 1.09. The minimum Gasteiger partial charge on any atom is -0.396 e. The van der Waals surface area contributed by atoms with Gasteiger partial charge >= 0.3 is 0 Å². The van der Waals surface area contributed by atoms with E-state index in [1.165, 1.54) is 11.8 Å². The van der Waals surface area contributed by atoms with Gasteiger partial charge in [-0.05, 0) is 18.4 Å². The number of nitrogens with one attached hydrogen (secondary N) is 1. The van der Waals surface area contributed by atoms with Crippen LogP contribution in [0.15, 0.2) is 11.2 Å². The summed E-state index contributed by atoms with van der Waals surface area (Å²) in [5.74, 6) is 2.73. The predicted molar refractivity (Wildman–Crippen MR) is 76.3 cm³/mol. The molecule has 0 fully saturated rings. The van der Waals surface area contributed by atoms with Crippen molar-refractivity contribution in [2.24, 2.45) is 0 Å². The molecule has 0 unspecified atom stereocenters. The molecule has 0 saturated carbocycles. The lowest BCUT2D eigenvalue weighted by atomic mass is 10.5. The summed E-state index contributed by atoms with van der Waals surface area (Å²) in [6.07, 6.45) is 2.76. The summed E-state index contributed by atoms with van der Waals surface area (Å²) in [4.78, 5) is 8.36. The minimum absolute atomic E-state index is 0.263. The van der Waals surface area contributed by atoms with Crippen LogP contribution in [0.1, 0.15) is 6.42 Å². The van der Waals surface area contributed by atoms with Gasteiger partial charge in [0.15, 0.2) is 5.16 Å². The summed E-state index contributed by atoms with van der Waals surface area (Å²) in [5.41, 5.74) is 0. The molecule has 1 aromatic heterocycles. The molecule has 0 spiro atoms. The summed E-state index contributed by atoms with van der Waals surface area (Å²) < 4.78 is 0. The molecule has 1 heterocycles. The molecule has 0 amide bonds. The highest BCUT2D eigenvalue weighted by atomic mass is 35.5. The predicted octanol–water partition coefficient (Wildman–Crippen LogP) is 2.38. The van der Waals surface area contributed by atoms with Crippen LogP contribution < -0.4 is 5.32 Å². The summed E-state index contributed by atoms with van der Waals surface area (Å²) >= 11 is 9.15. The second kappa shape index (κ2) is 8.85. The number of aliphatic hydroxyl groups excluding tert-OH is 1. The molecule has 4 nitrogen and oxygen atoms in total. The van der Waals surface area contributed by atoms with Crippen LogP contribution in [0.3, 0.4) is 0 Å². The van der Waals surface area contributed by atoms with E-state index in [1.807, 2.05) is 18.0 Å². The Morgan fingerprint density at radius 1 is 1.41 bits per heavy atom. The highest BCUT2D eigenvalue weighted by molar-refractivity contribution is 7.99. The third-order valence-electron chi connectivity index (χ3n) is 1.86. The summed E-state index contributed by atoms with van der Waals surface area (Å²) in [6, 6.07) is 1.72. The monoisotopic (exact) mass is 293 g/mol. The van der Waals surface area contributed by atoms with Crippen LogP contribution in [0.5, 0.6) is 0 Å². The van der Waals surface area contributed by atoms with Crippen molar-refractivity contribution in [3.63, 3.8) is 0 Å². The van der Waals surface area contributed by atoms with Crippen LogP contribution in [0.25, 0.3) is 0 Å². The van der Waals surface area contributed by atoms with Gasteiger partial charge in [0.1, 0.15) is 11.0 Å². The molecule has 96 valence electrons. The van der Waals surface area contributed by atoms with Crippen molar-refractivity contribution in [3.8, 4) is 0 Å². The van der Waals surface area contributed by atoms with Crippen molar-refractivity contribution in [3.05, 3.63) is 11.2 Å².